The molecule has 1 aliphatic carbocycles. The maximum Gasteiger partial charge on any atom is 0.123 e. The van der Waals surface area contributed by atoms with Gasteiger partial charge in [-0.25, -0.2) is 4.39 Å². The van der Waals surface area contributed by atoms with E-state index in [1.54, 1.807) is 0 Å². The van der Waals surface area contributed by atoms with Crippen molar-refractivity contribution in [1.82, 2.24) is 4.98 Å². The highest BCUT2D eigenvalue weighted by atomic mass is 79.9. The van der Waals surface area contributed by atoms with Gasteiger partial charge in [-0.3, -0.25) is 4.98 Å². The lowest BCUT2D eigenvalue weighted by Crippen LogP contribution is -1.99. The van der Waals surface area contributed by atoms with Crippen molar-refractivity contribution in [2.75, 3.05) is 0 Å². The van der Waals surface area contributed by atoms with Crippen LogP contribution in [-0.4, -0.2) is 4.98 Å². The molecule has 2 aromatic carbocycles. The van der Waals surface area contributed by atoms with Crippen LogP contribution in [0.2, 0.25) is 0 Å². The molecule has 0 radical (unpaired) electrons. The summed E-state index contributed by atoms with van der Waals surface area (Å²) in [5.41, 5.74) is 5.71. The molecular weight excluding hydrogens is 341 g/mol. The van der Waals surface area contributed by atoms with E-state index >= 15 is 0 Å². The van der Waals surface area contributed by atoms with Crippen molar-refractivity contribution < 1.29 is 4.39 Å². The first-order valence-electron chi connectivity index (χ1n) is 7.51. The molecule has 0 N–H and O–H groups in total. The Morgan fingerprint density at radius 2 is 1.77 bits per heavy atom. The molecule has 0 saturated heterocycles. The van der Waals surface area contributed by atoms with Crippen LogP contribution in [0.3, 0.4) is 0 Å². The fourth-order valence-corrected chi connectivity index (χ4v) is 3.61. The van der Waals surface area contributed by atoms with Crippen LogP contribution in [0.5, 0.6) is 0 Å². The Bertz CT molecular complexity index is 838. The highest BCUT2D eigenvalue weighted by molar-refractivity contribution is 9.08. The van der Waals surface area contributed by atoms with Crippen LogP contribution in [0, 0.1) is 5.82 Å². The van der Waals surface area contributed by atoms with Gasteiger partial charge in [0.1, 0.15) is 5.82 Å². The van der Waals surface area contributed by atoms with E-state index in [0.29, 0.717) is 5.92 Å². The molecule has 0 spiro atoms. The van der Waals surface area contributed by atoms with E-state index in [1.807, 2.05) is 24.3 Å². The summed E-state index contributed by atoms with van der Waals surface area (Å²) in [6.45, 7) is 0. The number of nitrogens with zero attached hydrogens (tertiary/aromatic N) is 1. The van der Waals surface area contributed by atoms with Crippen LogP contribution in [0.4, 0.5) is 4.39 Å². The molecule has 1 heterocycles. The van der Waals surface area contributed by atoms with Gasteiger partial charge in [0, 0.05) is 22.3 Å². The van der Waals surface area contributed by atoms with Crippen LogP contribution in [0.25, 0.3) is 22.0 Å². The average molecular weight is 356 g/mol. The molecular formula is C19H15BrFN. The molecule has 0 aliphatic heterocycles. The summed E-state index contributed by atoms with van der Waals surface area (Å²) in [5.74, 6) is 0.376. The van der Waals surface area contributed by atoms with E-state index in [4.69, 9.17) is 4.98 Å². The minimum absolute atomic E-state index is 0.204. The molecule has 1 saturated carbocycles. The first kappa shape index (κ1) is 13.9. The van der Waals surface area contributed by atoms with Gasteiger partial charge in [-0.1, -0.05) is 46.3 Å². The second kappa shape index (κ2) is 5.47. The summed E-state index contributed by atoms with van der Waals surface area (Å²) in [7, 11) is 0. The number of rotatable bonds is 3. The summed E-state index contributed by atoms with van der Waals surface area (Å²) >= 11 is 3.64. The van der Waals surface area contributed by atoms with Crippen LogP contribution in [0.1, 0.15) is 30.0 Å². The second-order valence-corrected chi connectivity index (χ2v) is 6.34. The second-order valence-electron chi connectivity index (χ2n) is 5.78. The van der Waals surface area contributed by atoms with Crippen LogP contribution < -0.4 is 0 Å². The zero-order valence-corrected chi connectivity index (χ0v) is 13.6. The Morgan fingerprint density at radius 1 is 1.05 bits per heavy atom. The van der Waals surface area contributed by atoms with Gasteiger partial charge in [-0.05, 0) is 47.7 Å². The van der Waals surface area contributed by atoms with Crippen LogP contribution in [-0.2, 0) is 5.33 Å². The summed E-state index contributed by atoms with van der Waals surface area (Å²) in [4.78, 5) is 4.91. The predicted octanol–water partition coefficient (Wildman–Crippen LogP) is 5.81. The Hall–Kier alpha value is -1.74. The lowest BCUT2D eigenvalue weighted by atomic mass is 9.94. The number of fused-ring (bicyclic) bond motifs is 1. The third-order valence-electron chi connectivity index (χ3n) is 4.26. The fraction of sp³-hybridized carbons (Fsp3) is 0.211. The molecule has 110 valence electrons. The third-order valence-corrected chi connectivity index (χ3v) is 4.82. The van der Waals surface area contributed by atoms with Gasteiger partial charge < -0.3 is 0 Å². The minimum Gasteiger partial charge on any atom is -0.252 e. The summed E-state index contributed by atoms with van der Waals surface area (Å²) in [5, 5.41) is 1.90. The van der Waals surface area contributed by atoms with E-state index in [2.05, 4.69) is 28.1 Å². The molecule has 0 amide bonds. The van der Waals surface area contributed by atoms with Crippen molar-refractivity contribution in [3.05, 3.63) is 65.6 Å². The third kappa shape index (κ3) is 2.34. The Morgan fingerprint density at radius 3 is 2.45 bits per heavy atom. The lowest BCUT2D eigenvalue weighted by molar-refractivity contribution is 0.628. The normalized spacial score (nSPS) is 14.5. The number of para-hydroxylation sites is 1. The van der Waals surface area contributed by atoms with Crippen molar-refractivity contribution >= 4 is 26.8 Å². The van der Waals surface area contributed by atoms with Gasteiger partial charge >= 0.3 is 0 Å². The Kier molecular flexibility index (Phi) is 3.45. The van der Waals surface area contributed by atoms with Crippen LogP contribution >= 0.6 is 15.9 Å². The highest BCUT2D eigenvalue weighted by Crippen LogP contribution is 2.45. The van der Waals surface area contributed by atoms with Gasteiger partial charge in [0.2, 0.25) is 0 Å². The molecule has 3 heteroatoms. The molecule has 1 aliphatic rings. The maximum atomic E-state index is 13.3. The standard InChI is InChI=1S/C19H15BrFN/c20-11-16-18(12-7-9-14(21)10-8-12)15-3-1-2-4-17(15)22-19(16)13-5-6-13/h1-4,7-10,13H,5-6,11H2. The SMILES string of the molecule is Fc1ccc(-c2c(CBr)c(C3CC3)nc3ccccc23)cc1. The van der Waals surface area contributed by atoms with Crippen molar-refractivity contribution in [2.24, 2.45) is 0 Å². The number of benzene rings is 2. The van der Waals surface area contributed by atoms with Crippen molar-refractivity contribution in [3.8, 4) is 11.1 Å². The zero-order chi connectivity index (χ0) is 15.1. The predicted molar refractivity (Wildman–Crippen MR) is 91.7 cm³/mol. The smallest absolute Gasteiger partial charge is 0.123 e. The van der Waals surface area contributed by atoms with Gasteiger partial charge in [0.15, 0.2) is 0 Å². The minimum atomic E-state index is -0.204. The van der Waals surface area contributed by atoms with E-state index in [9.17, 15) is 4.39 Å². The summed E-state index contributed by atoms with van der Waals surface area (Å²) in [6.07, 6.45) is 2.43. The van der Waals surface area contributed by atoms with E-state index in [-0.39, 0.29) is 5.82 Å². The molecule has 1 fully saturated rings. The van der Waals surface area contributed by atoms with Crippen LogP contribution in [0.15, 0.2) is 48.5 Å². The average Bonchev–Trinajstić information content (AvgIpc) is 3.39. The summed E-state index contributed by atoms with van der Waals surface area (Å²) in [6, 6.07) is 15.0. The Balaban J connectivity index is 2.06. The van der Waals surface area contributed by atoms with Gasteiger partial charge in [0.25, 0.3) is 0 Å². The van der Waals surface area contributed by atoms with E-state index in [1.165, 1.54) is 41.8 Å². The molecule has 4 rings (SSSR count). The van der Waals surface area contributed by atoms with Gasteiger partial charge in [-0.2, -0.15) is 0 Å². The largest absolute Gasteiger partial charge is 0.252 e. The first-order chi connectivity index (χ1) is 10.8. The lowest BCUT2D eigenvalue weighted by Gasteiger charge is -2.16. The maximum absolute atomic E-state index is 13.3. The number of hydrogen-bond donors (Lipinski definition) is 0. The first-order valence-corrected chi connectivity index (χ1v) is 8.63. The molecule has 1 nitrogen and oxygen atoms in total. The van der Waals surface area contributed by atoms with E-state index in [0.717, 1.165) is 21.8 Å². The molecule has 3 aromatic rings. The fourth-order valence-electron chi connectivity index (χ4n) is 3.05. The molecule has 0 bridgehead atoms. The number of alkyl halides is 1. The summed E-state index contributed by atoms with van der Waals surface area (Å²) < 4.78 is 13.3. The molecule has 22 heavy (non-hydrogen) atoms. The molecule has 0 unspecified atom stereocenters. The van der Waals surface area contributed by atoms with E-state index < -0.39 is 0 Å². The number of pyridine rings is 1. The quantitative estimate of drug-likeness (QED) is 0.540. The van der Waals surface area contributed by atoms with Crippen molar-refractivity contribution in [1.29, 1.82) is 0 Å². The van der Waals surface area contributed by atoms with Gasteiger partial charge in [-0.15, -0.1) is 0 Å². The van der Waals surface area contributed by atoms with Crippen molar-refractivity contribution in [3.63, 3.8) is 0 Å². The topological polar surface area (TPSA) is 12.9 Å². The van der Waals surface area contributed by atoms with Gasteiger partial charge in [0.05, 0.1) is 5.52 Å². The Labute approximate surface area is 137 Å². The number of hydrogen-bond acceptors (Lipinski definition) is 1. The van der Waals surface area contributed by atoms with Crippen molar-refractivity contribution in [2.45, 2.75) is 24.1 Å². The molecule has 1 aromatic heterocycles. The number of aromatic nitrogens is 1. The molecule has 0 atom stereocenters. The monoisotopic (exact) mass is 355 g/mol. The number of halogens is 2. The highest BCUT2D eigenvalue weighted by Gasteiger charge is 2.29. The zero-order valence-electron chi connectivity index (χ0n) is 12.0.